The van der Waals surface area contributed by atoms with E-state index in [1.807, 2.05) is 0 Å². The first-order valence-electron chi connectivity index (χ1n) is 6.33. The maximum Gasteiger partial charge on any atom is 0.253 e. The number of amides is 1. The van der Waals surface area contributed by atoms with Crippen LogP contribution in [0.15, 0.2) is 18.2 Å². The summed E-state index contributed by atoms with van der Waals surface area (Å²) in [5.41, 5.74) is 6.76. The molecule has 102 valence electrons. The first kappa shape index (κ1) is 12.3. The van der Waals surface area contributed by atoms with E-state index in [1.54, 1.807) is 32.4 Å². The van der Waals surface area contributed by atoms with Crippen LogP contribution in [0, 0.1) is 0 Å². The first-order chi connectivity index (χ1) is 9.01. The third-order valence-corrected chi connectivity index (χ3v) is 4.30. The Morgan fingerprint density at radius 1 is 1.32 bits per heavy atom. The second-order valence-electron chi connectivity index (χ2n) is 5.61. The molecule has 3 fully saturated rings. The van der Waals surface area contributed by atoms with E-state index in [1.165, 1.54) is 0 Å². The van der Waals surface area contributed by atoms with Crippen LogP contribution < -0.4 is 15.8 Å². The minimum Gasteiger partial charge on any atom is -0.497 e. The minimum atomic E-state index is -0.121. The van der Waals surface area contributed by atoms with Crippen molar-refractivity contribution in [1.29, 1.82) is 0 Å². The normalized spacial score (nSPS) is 31.1. The van der Waals surface area contributed by atoms with Crippen molar-refractivity contribution in [3.05, 3.63) is 23.8 Å². The van der Waals surface area contributed by atoms with Crippen LogP contribution in [0.1, 0.15) is 29.6 Å². The summed E-state index contributed by atoms with van der Waals surface area (Å²) >= 11 is 0. The van der Waals surface area contributed by atoms with E-state index < -0.39 is 0 Å². The number of hydrogen-bond acceptors (Lipinski definition) is 4. The van der Waals surface area contributed by atoms with Gasteiger partial charge in [0.25, 0.3) is 5.91 Å². The monoisotopic (exact) mass is 262 g/mol. The highest BCUT2D eigenvalue weighted by atomic mass is 16.5. The molecule has 0 radical (unpaired) electrons. The minimum absolute atomic E-state index is 0.0265. The third-order valence-electron chi connectivity index (χ3n) is 4.30. The Hall–Kier alpha value is -1.75. The van der Waals surface area contributed by atoms with Gasteiger partial charge < -0.3 is 20.5 Å². The molecule has 19 heavy (non-hydrogen) atoms. The molecule has 3 N–H and O–H groups in total. The number of carbonyl (C=O) groups is 1. The number of nitrogens with one attached hydrogen (secondary N) is 1. The summed E-state index contributed by atoms with van der Waals surface area (Å²) in [6.07, 6.45) is 2.70. The van der Waals surface area contributed by atoms with Gasteiger partial charge in [0.1, 0.15) is 5.75 Å². The van der Waals surface area contributed by atoms with E-state index in [4.69, 9.17) is 15.2 Å². The summed E-state index contributed by atoms with van der Waals surface area (Å²) in [6.45, 7) is 0. The second-order valence-corrected chi connectivity index (χ2v) is 5.61. The van der Waals surface area contributed by atoms with E-state index in [0.29, 0.717) is 17.0 Å². The molecule has 0 aromatic heterocycles. The number of benzene rings is 1. The van der Waals surface area contributed by atoms with Crippen LogP contribution in [-0.2, 0) is 4.74 Å². The quantitative estimate of drug-likeness (QED) is 0.803. The van der Waals surface area contributed by atoms with Gasteiger partial charge in [-0.05, 0) is 31.4 Å². The lowest BCUT2D eigenvalue weighted by Gasteiger charge is -2.69. The SMILES string of the molecule is COc1ccc(C(=O)NC23CC(OC)(C2)C3)c(N)c1. The molecule has 1 aromatic rings. The van der Waals surface area contributed by atoms with Crippen molar-refractivity contribution >= 4 is 11.6 Å². The highest BCUT2D eigenvalue weighted by molar-refractivity contribution is 6.00. The molecule has 5 heteroatoms. The van der Waals surface area contributed by atoms with E-state index in [-0.39, 0.29) is 17.0 Å². The molecule has 5 nitrogen and oxygen atoms in total. The number of hydrogen-bond donors (Lipinski definition) is 2. The molecule has 0 heterocycles. The molecule has 3 saturated carbocycles. The fourth-order valence-electron chi connectivity index (χ4n) is 3.23. The van der Waals surface area contributed by atoms with Crippen LogP contribution >= 0.6 is 0 Å². The lowest BCUT2D eigenvalue weighted by Crippen LogP contribution is -2.79. The maximum absolute atomic E-state index is 12.2. The Morgan fingerprint density at radius 2 is 2.00 bits per heavy atom. The van der Waals surface area contributed by atoms with Crippen LogP contribution in [0.4, 0.5) is 5.69 Å². The number of nitrogens with two attached hydrogens (primary N) is 1. The molecular formula is C14H18N2O3. The topological polar surface area (TPSA) is 73.6 Å². The number of methoxy groups -OCH3 is 2. The smallest absolute Gasteiger partial charge is 0.253 e. The van der Waals surface area contributed by atoms with Gasteiger partial charge in [0.2, 0.25) is 0 Å². The number of rotatable bonds is 4. The van der Waals surface area contributed by atoms with E-state index >= 15 is 0 Å². The summed E-state index contributed by atoms with van der Waals surface area (Å²) in [6, 6.07) is 5.10. The van der Waals surface area contributed by atoms with E-state index in [2.05, 4.69) is 5.32 Å². The predicted octanol–water partition coefficient (Wildman–Crippen LogP) is 1.33. The van der Waals surface area contributed by atoms with Crippen LogP contribution in [0.25, 0.3) is 0 Å². The molecule has 4 rings (SSSR count). The van der Waals surface area contributed by atoms with Gasteiger partial charge in [-0.3, -0.25) is 4.79 Å². The highest BCUT2D eigenvalue weighted by Crippen LogP contribution is 2.62. The summed E-state index contributed by atoms with van der Waals surface area (Å²) < 4.78 is 10.5. The predicted molar refractivity (Wildman–Crippen MR) is 71.2 cm³/mol. The van der Waals surface area contributed by atoms with E-state index in [9.17, 15) is 4.79 Å². The summed E-state index contributed by atoms with van der Waals surface area (Å²) in [7, 11) is 3.30. The Balaban J connectivity index is 1.69. The van der Waals surface area contributed by atoms with Crippen molar-refractivity contribution in [3.8, 4) is 5.75 Å². The van der Waals surface area contributed by atoms with Gasteiger partial charge in [-0.15, -0.1) is 0 Å². The molecule has 0 atom stereocenters. The molecule has 0 aliphatic heterocycles. The van der Waals surface area contributed by atoms with E-state index in [0.717, 1.165) is 19.3 Å². The molecule has 1 amide bonds. The van der Waals surface area contributed by atoms with Gasteiger partial charge >= 0.3 is 0 Å². The molecule has 3 aliphatic rings. The lowest BCUT2D eigenvalue weighted by atomic mass is 9.46. The zero-order valence-corrected chi connectivity index (χ0v) is 11.2. The van der Waals surface area contributed by atoms with Gasteiger partial charge in [-0.25, -0.2) is 0 Å². The van der Waals surface area contributed by atoms with Crippen molar-refractivity contribution in [2.45, 2.75) is 30.4 Å². The highest BCUT2D eigenvalue weighted by Gasteiger charge is 2.69. The summed E-state index contributed by atoms with van der Waals surface area (Å²) in [5, 5.41) is 3.07. The molecule has 0 saturated heterocycles. The molecular weight excluding hydrogens is 244 g/mol. The molecule has 2 bridgehead atoms. The molecule has 0 unspecified atom stereocenters. The van der Waals surface area contributed by atoms with Crippen LogP contribution in [0.3, 0.4) is 0 Å². The second kappa shape index (κ2) is 3.87. The fraction of sp³-hybridized carbons (Fsp3) is 0.500. The third kappa shape index (κ3) is 1.76. The van der Waals surface area contributed by atoms with Gasteiger partial charge in [0.05, 0.1) is 18.3 Å². The maximum atomic E-state index is 12.2. The zero-order valence-electron chi connectivity index (χ0n) is 11.2. The number of nitrogen functional groups attached to an aromatic ring is 1. The standard InChI is InChI=1S/C14H18N2O3/c1-18-9-3-4-10(11(15)5-9)12(17)16-13-6-14(7-13,8-13)19-2/h3-5H,6-8,15H2,1-2H3,(H,16,17). The van der Waals surface area contributed by atoms with Gasteiger partial charge in [0, 0.05) is 24.4 Å². The Bertz CT molecular complexity index is 522. The molecule has 1 aromatic carbocycles. The van der Waals surface area contributed by atoms with Gasteiger partial charge in [-0.1, -0.05) is 0 Å². The summed E-state index contributed by atoms with van der Waals surface area (Å²) in [5.74, 6) is 0.530. The largest absolute Gasteiger partial charge is 0.497 e. The summed E-state index contributed by atoms with van der Waals surface area (Å²) in [4.78, 5) is 12.2. The van der Waals surface area contributed by atoms with Crippen LogP contribution in [-0.4, -0.2) is 31.3 Å². The Kier molecular flexibility index (Phi) is 2.50. The average Bonchev–Trinajstić information content (AvgIpc) is 2.31. The van der Waals surface area contributed by atoms with Gasteiger partial charge in [-0.2, -0.15) is 0 Å². The molecule has 0 spiro atoms. The van der Waals surface area contributed by atoms with Crippen molar-refractivity contribution in [1.82, 2.24) is 5.32 Å². The fourth-order valence-corrected chi connectivity index (χ4v) is 3.23. The van der Waals surface area contributed by atoms with Crippen LogP contribution in [0.5, 0.6) is 5.75 Å². The van der Waals surface area contributed by atoms with Crippen LogP contribution in [0.2, 0.25) is 0 Å². The number of anilines is 1. The molecule has 3 aliphatic carbocycles. The van der Waals surface area contributed by atoms with Gasteiger partial charge in [0.15, 0.2) is 0 Å². The van der Waals surface area contributed by atoms with Crippen molar-refractivity contribution < 1.29 is 14.3 Å². The Labute approximate surface area is 112 Å². The lowest BCUT2D eigenvalue weighted by molar-refractivity contribution is -0.233. The van der Waals surface area contributed by atoms with Crippen molar-refractivity contribution in [3.63, 3.8) is 0 Å². The average molecular weight is 262 g/mol. The zero-order chi connectivity index (χ0) is 13.7. The number of carbonyl (C=O) groups excluding carboxylic acids is 1. The van der Waals surface area contributed by atoms with Crippen molar-refractivity contribution in [2.24, 2.45) is 0 Å². The first-order valence-corrected chi connectivity index (χ1v) is 6.33. The Morgan fingerprint density at radius 3 is 2.53 bits per heavy atom. The van der Waals surface area contributed by atoms with Crippen molar-refractivity contribution in [2.75, 3.05) is 20.0 Å². The number of ether oxygens (including phenoxy) is 2.